The number of aromatic nitrogens is 2. The fourth-order valence-corrected chi connectivity index (χ4v) is 3.10. The molecular weight excluding hydrogens is 380 g/mol. The molecule has 1 aromatic carbocycles. The Morgan fingerprint density at radius 2 is 2.14 bits per heavy atom. The number of hydrogen-bond donors (Lipinski definition) is 2. The molecule has 1 unspecified atom stereocenters. The summed E-state index contributed by atoms with van der Waals surface area (Å²) in [6.45, 7) is -0.181. The molecule has 0 amide bonds. The molecule has 0 bridgehead atoms. The minimum atomic E-state index is -0.852. The van der Waals surface area contributed by atoms with E-state index in [-0.39, 0.29) is 13.0 Å². The zero-order chi connectivity index (χ0) is 20.8. The molecule has 0 radical (unpaired) electrons. The van der Waals surface area contributed by atoms with Gasteiger partial charge in [0.15, 0.2) is 0 Å². The van der Waals surface area contributed by atoms with Gasteiger partial charge in [-0.1, -0.05) is 35.4 Å². The Kier molecular flexibility index (Phi) is 6.45. The zero-order valence-electron chi connectivity index (χ0n) is 15.4. The van der Waals surface area contributed by atoms with Crippen molar-refractivity contribution in [1.82, 2.24) is 9.55 Å². The number of nitrogens with one attached hydrogen (secondary N) is 1. The average molecular weight is 400 g/mol. The number of azide groups is 1. The number of nitrogens with two attached hydrogens (primary N) is 1. The van der Waals surface area contributed by atoms with Gasteiger partial charge in [0, 0.05) is 23.6 Å². The lowest BCUT2D eigenvalue weighted by Crippen LogP contribution is -2.37. The standard InChI is InChI=1S/C18H20N6O5/c19-12(8-11-4-2-1-3-5-11)17(26)28-10-14-13(22-23-20)9-16(29-14)24-7-6-15(25)21-18(24)27/h1-7,12-14,16H,8-10,19H2,(H,21,25,27)/t12?,13-,14+,16+/m0/s1. The third kappa shape index (κ3) is 5.11. The summed E-state index contributed by atoms with van der Waals surface area (Å²) in [5.41, 5.74) is 14.4. The summed E-state index contributed by atoms with van der Waals surface area (Å²) in [5.74, 6) is -0.609. The number of aromatic amines is 1. The molecule has 0 spiro atoms. The van der Waals surface area contributed by atoms with Crippen LogP contribution in [-0.4, -0.2) is 40.3 Å². The second kappa shape index (κ2) is 9.20. The SMILES string of the molecule is [N-]=[N+]=N[C@H]1C[C@H](n2ccc(=O)[nH]c2=O)O[C@@H]1COC(=O)C(N)Cc1ccccc1. The summed E-state index contributed by atoms with van der Waals surface area (Å²) in [6.07, 6.45) is 0.289. The van der Waals surface area contributed by atoms with Gasteiger partial charge in [0.25, 0.3) is 5.56 Å². The zero-order valence-corrected chi connectivity index (χ0v) is 15.4. The van der Waals surface area contributed by atoms with Crippen LogP contribution in [0, 0.1) is 0 Å². The molecule has 2 aromatic rings. The molecule has 1 fully saturated rings. The molecule has 2 heterocycles. The van der Waals surface area contributed by atoms with Gasteiger partial charge in [-0.3, -0.25) is 19.1 Å². The Morgan fingerprint density at radius 3 is 2.83 bits per heavy atom. The number of esters is 1. The van der Waals surface area contributed by atoms with Crippen LogP contribution < -0.4 is 17.0 Å². The lowest BCUT2D eigenvalue weighted by atomic mass is 10.1. The van der Waals surface area contributed by atoms with Gasteiger partial charge in [0.05, 0.1) is 6.04 Å². The second-order valence-electron chi connectivity index (χ2n) is 6.58. The van der Waals surface area contributed by atoms with E-state index >= 15 is 0 Å². The van der Waals surface area contributed by atoms with E-state index in [4.69, 9.17) is 20.7 Å². The lowest BCUT2D eigenvalue weighted by Gasteiger charge is -2.18. The van der Waals surface area contributed by atoms with E-state index in [0.29, 0.717) is 6.42 Å². The highest BCUT2D eigenvalue weighted by molar-refractivity contribution is 5.75. The summed E-state index contributed by atoms with van der Waals surface area (Å²) in [5, 5.41) is 3.66. The van der Waals surface area contributed by atoms with Crippen molar-refractivity contribution in [2.75, 3.05) is 6.61 Å². The van der Waals surface area contributed by atoms with Gasteiger partial charge in [-0.2, -0.15) is 0 Å². The molecule has 0 saturated carbocycles. The number of nitrogens with zero attached hydrogens (tertiary/aromatic N) is 4. The highest BCUT2D eigenvalue weighted by Gasteiger charge is 2.37. The number of carbonyl (C=O) groups excluding carboxylic acids is 1. The molecule has 29 heavy (non-hydrogen) atoms. The van der Waals surface area contributed by atoms with Gasteiger partial charge < -0.3 is 15.2 Å². The predicted molar refractivity (Wildman–Crippen MR) is 102 cm³/mol. The van der Waals surface area contributed by atoms with Crippen LogP contribution >= 0.6 is 0 Å². The molecule has 3 N–H and O–H groups in total. The number of ether oxygens (including phenoxy) is 2. The number of benzene rings is 1. The molecule has 11 nitrogen and oxygen atoms in total. The minimum Gasteiger partial charge on any atom is -0.462 e. The Morgan fingerprint density at radius 1 is 1.38 bits per heavy atom. The quantitative estimate of drug-likeness (QED) is 0.299. The topological polar surface area (TPSA) is 165 Å². The number of H-pyrrole nitrogens is 1. The van der Waals surface area contributed by atoms with Crippen LogP contribution in [0.4, 0.5) is 0 Å². The maximum absolute atomic E-state index is 12.2. The summed E-state index contributed by atoms with van der Waals surface area (Å²) in [4.78, 5) is 40.3. The first kappa shape index (κ1) is 20.3. The normalized spacial score (nSPS) is 21.9. The maximum Gasteiger partial charge on any atom is 0.330 e. The van der Waals surface area contributed by atoms with Crippen LogP contribution in [0.15, 0.2) is 57.3 Å². The van der Waals surface area contributed by atoms with E-state index in [0.717, 1.165) is 5.56 Å². The van der Waals surface area contributed by atoms with E-state index in [1.807, 2.05) is 30.3 Å². The third-order valence-corrected chi connectivity index (χ3v) is 4.56. The molecule has 3 rings (SSSR count). The van der Waals surface area contributed by atoms with Crippen molar-refractivity contribution in [3.05, 3.63) is 79.4 Å². The van der Waals surface area contributed by atoms with E-state index in [2.05, 4.69) is 15.0 Å². The summed E-state index contributed by atoms with van der Waals surface area (Å²) >= 11 is 0. The van der Waals surface area contributed by atoms with Crippen molar-refractivity contribution in [1.29, 1.82) is 0 Å². The van der Waals surface area contributed by atoms with Gasteiger partial charge in [0.1, 0.15) is 25.0 Å². The maximum atomic E-state index is 12.2. The van der Waals surface area contributed by atoms with Crippen molar-refractivity contribution >= 4 is 5.97 Å². The molecule has 1 saturated heterocycles. The Bertz CT molecular complexity index is 1010. The Balaban J connectivity index is 1.62. The van der Waals surface area contributed by atoms with E-state index in [1.165, 1.54) is 16.8 Å². The lowest BCUT2D eigenvalue weighted by molar-refractivity contribution is -0.150. The van der Waals surface area contributed by atoms with Crippen molar-refractivity contribution < 1.29 is 14.3 Å². The van der Waals surface area contributed by atoms with Crippen molar-refractivity contribution in [3.8, 4) is 0 Å². The average Bonchev–Trinajstić information content (AvgIpc) is 3.09. The monoisotopic (exact) mass is 400 g/mol. The van der Waals surface area contributed by atoms with Crippen LogP contribution in [0.2, 0.25) is 0 Å². The summed E-state index contributed by atoms with van der Waals surface area (Å²) < 4.78 is 12.2. The highest BCUT2D eigenvalue weighted by Crippen LogP contribution is 2.30. The molecular formula is C18H20N6O5. The van der Waals surface area contributed by atoms with Gasteiger partial charge in [-0.15, -0.1) is 0 Å². The molecule has 11 heteroatoms. The molecule has 1 aliphatic rings. The third-order valence-electron chi connectivity index (χ3n) is 4.56. The number of hydrogen-bond acceptors (Lipinski definition) is 7. The van der Waals surface area contributed by atoms with Gasteiger partial charge >= 0.3 is 11.7 Å². The van der Waals surface area contributed by atoms with Crippen molar-refractivity contribution in [3.63, 3.8) is 0 Å². The first-order chi connectivity index (χ1) is 14.0. The van der Waals surface area contributed by atoms with Crippen LogP contribution in [0.1, 0.15) is 18.2 Å². The van der Waals surface area contributed by atoms with Crippen LogP contribution in [0.3, 0.4) is 0 Å². The van der Waals surface area contributed by atoms with Crippen molar-refractivity contribution in [2.45, 2.75) is 37.3 Å². The first-order valence-corrected chi connectivity index (χ1v) is 8.95. The molecule has 152 valence electrons. The minimum absolute atomic E-state index is 0.181. The highest BCUT2D eigenvalue weighted by atomic mass is 16.6. The van der Waals surface area contributed by atoms with Crippen LogP contribution in [-0.2, 0) is 20.7 Å². The molecule has 0 aliphatic carbocycles. The fourth-order valence-electron chi connectivity index (χ4n) is 3.10. The van der Waals surface area contributed by atoms with Crippen molar-refractivity contribution in [2.24, 2.45) is 10.8 Å². The Labute approximate surface area is 164 Å². The fraction of sp³-hybridized carbons (Fsp3) is 0.389. The van der Waals surface area contributed by atoms with Crippen LogP contribution in [0.25, 0.3) is 10.4 Å². The molecule has 4 atom stereocenters. The molecule has 1 aromatic heterocycles. The number of carbonyl (C=O) groups is 1. The van der Waals surface area contributed by atoms with Gasteiger partial charge in [-0.05, 0) is 17.5 Å². The number of rotatable bonds is 7. The molecule has 1 aliphatic heterocycles. The first-order valence-electron chi connectivity index (χ1n) is 8.95. The predicted octanol–water partition coefficient (Wildman–Crippen LogP) is 0.616. The smallest absolute Gasteiger partial charge is 0.330 e. The van der Waals surface area contributed by atoms with E-state index < -0.39 is 41.6 Å². The van der Waals surface area contributed by atoms with E-state index in [1.54, 1.807) is 0 Å². The second-order valence-corrected chi connectivity index (χ2v) is 6.58. The van der Waals surface area contributed by atoms with Gasteiger partial charge in [-0.25, -0.2) is 4.79 Å². The van der Waals surface area contributed by atoms with E-state index in [9.17, 15) is 14.4 Å². The summed E-state index contributed by atoms with van der Waals surface area (Å²) in [6, 6.07) is 8.96. The summed E-state index contributed by atoms with van der Waals surface area (Å²) in [7, 11) is 0. The Hall–Kier alpha value is -3.40. The largest absolute Gasteiger partial charge is 0.462 e. The van der Waals surface area contributed by atoms with Gasteiger partial charge in [0.2, 0.25) is 0 Å². The van der Waals surface area contributed by atoms with Crippen LogP contribution in [0.5, 0.6) is 0 Å².